The molecule has 134 valence electrons. The average molecular weight is 343 g/mol. The lowest BCUT2D eigenvalue weighted by Gasteiger charge is -2.57. The highest BCUT2D eigenvalue weighted by Crippen LogP contribution is 2.50. The monoisotopic (exact) mass is 343 g/mol. The van der Waals surface area contributed by atoms with Crippen molar-refractivity contribution in [3.05, 3.63) is 30.6 Å². The molecule has 2 unspecified atom stereocenters. The first-order valence-corrected chi connectivity index (χ1v) is 8.46. The van der Waals surface area contributed by atoms with Gasteiger partial charge in [0, 0.05) is 36.7 Å². The zero-order valence-corrected chi connectivity index (χ0v) is 15.1. The maximum atomic E-state index is 12.8. The fourth-order valence-corrected chi connectivity index (χ4v) is 3.34. The van der Waals surface area contributed by atoms with E-state index in [0.29, 0.717) is 18.7 Å². The van der Waals surface area contributed by atoms with Gasteiger partial charge in [-0.25, -0.2) is 0 Å². The lowest BCUT2D eigenvalue weighted by Crippen LogP contribution is -2.74. The van der Waals surface area contributed by atoms with E-state index in [1.807, 2.05) is 56.7 Å². The molecule has 2 atom stereocenters. The SMILES string of the molecule is CCOC1CC(N)(C(=O)Nc2cccc(-c3nncn3C)c2)C1(C)C. The number of rotatable bonds is 5. The second-order valence-electron chi connectivity index (χ2n) is 7.14. The van der Waals surface area contributed by atoms with Crippen molar-refractivity contribution in [3.63, 3.8) is 0 Å². The highest BCUT2D eigenvalue weighted by Gasteiger charge is 2.62. The summed E-state index contributed by atoms with van der Waals surface area (Å²) in [5, 5.41) is 10.9. The quantitative estimate of drug-likeness (QED) is 0.865. The van der Waals surface area contributed by atoms with Gasteiger partial charge in [0.2, 0.25) is 5.91 Å². The van der Waals surface area contributed by atoms with Crippen molar-refractivity contribution >= 4 is 11.6 Å². The van der Waals surface area contributed by atoms with Crippen LogP contribution >= 0.6 is 0 Å². The van der Waals surface area contributed by atoms with E-state index in [1.165, 1.54) is 0 Å². The summed E-state index contributed by atoms with van der Waals surface area (Å²) >= 11 is 0. The van der Waals surface area contributed by atoms with E-state index in [-0.39, 0.29) is 12.0 Å². The smallest absolute Gasteiger partial charge is 0.245 e. The van der Waals surface area contributed by atoms with Crippen LogP contribution in [0, 0.1) is 5.41 Å². The molecular weight excluding hydrogens is 318 g/mol. The van der Waals surface area contributed by atoms with Crippen LogP contribution in [0.1, 0.15) is 27.2 Å². The summed E-state index contributed by atoms with van der Waals surface area (Å²) in [5.74, 6) is 0.544. The van der Waals surface area contributed by atoms with Crippen molar-refractivity contribution in [2.24, 2.45) is 18.2 Å². The highest BCUT2D eigenvalue weighted by molar-refractivity contribution is 6.00. The Hall–Kier alpha value is -2.25. The predicted molar refractivity (Wildman–Crippen MR) is 95.8 cm³/mol. The van der Waals surface area contributed by atoms with Crippen LogP contribution in [0.3, 0.4) is 0 Å². The number of nitrogens with one attached hydrogen (secondary N) is 1. The van der Waals surface area contributed by atoms with Gasteiger partial charge in [-0.1, -0.05) is 26.0 Å². The summed E-state index contributed by atoms with van der Waals surface area (Å²) < 4.78 is 7.52. The van der Waals surface area contributed by atoms with Gasteiger partial charge in [-0.05, 0) is 19.1 Å². The van der Waals surface area contributed by atoms with Gasteiger partial charge in [0.1, 0.15) is 11.9 Å². The minimum atomic E-state index is -0.951. The Bertz CT molecular complexity index is 785. The van der Waals surface area contributed by atoms with Gasteiger partial charge >= 0.3 is 0 Å². The van der Waals surface area contributed by atoms with Gasteiger partial charge in [-0.15, -0.1) is 10.2 Å². The molecule has 1 aromatic heterocycles. The van der Waals surface area contributed by atoms with Crippen LogP contribution in [-0.2, 0) is 16.6 Å². The lowest BCUT2D eigenvalue weighted by atomic mass is 9.54. The van der Waals surface area contributed by atoms with E-state index < -0.39 is 11.0 Å². The Morgan fingerprint density at radius 1 is 1.48 bits per heavy atom. The van der Waals surface area contributed by atoms with E-state index in [9.17, 15) is 4.79 Å². The van der Waals surface area contributed by atoms with Crippen LogP contribution in [-0.4, -0.2) is 38.9 Å². The Balaban J connectivity index is 1.77. The number of hydrogen-bond acceptors (Lipinski definition) is 5. The fourth-order valence-electron chi connectivity index (χ4n) is 3.34. The number of anilines is 1. The number of amides is 1. The molecule has 0 aliphatic heterocycles. The topological polar surface area (TPSA) is 95.1 Å². The van der Waals surface area contributed by atoms with E-state index in [1.54, 1.807) is 6.33 Å². The molecule has 1 aromatic carbocycles. The van der Waals surface area contributed by atoms with Gasteiger partial charge in [-0.2, -0.15) is 0 Å². The first-order chi connectivity index (χ1) is 11.8. The first-order valence-electron chi connectivity index (χ1n) is 8.46. The summed E-state index contributed by atoms with van der Waals surface area (Å²) in [6, 6.07) is 7.51. The number of nitrogens with zero attached hydrogens (tertiary/aromatic N) is 3. The molecule has 1 aliphatic carbocycles. The van der Waals surface area contributed by atoms with Crippen LogP contribution in [0.2, 0.25) is 0 Å². The molecule has 1 heterocycles. The van der Waals surface area contributed by atoms with Crippen molar-refractivity contribution in [2.75, 3.05) is 11.9 Å². The maximum Gasteiger partial charge on any atom is 0.245 e. The summed E-state index contributed by atoms with van der Waals surface area (Å²) in [6.45, 7) is 6.52. The third kappa shape index (κ3) is 2.83. The summed E-state index contributed by atoms with van der Waals surface area (Å²) in [7, 11) is 1.88. The molecule has 0 spiro atoms. The number of aromatic nitrogens is 3. The molecule has 1 amide bonds. The highest BCUT2D eigenvalue weighted by atomic mass is 16.5. The average Bonchev–Trinajstić information content (AvgIpc) is 3.00. The van der Waals surface area contributed by atoms with Crippen molar-refractivity contribution in [3.8, 4) is 11.4 Å². The molecule has 2 aromatic rings. The molecule has 0 radical (unpaired) electrons. The van der Waals surface area contributed by atoms with Crippen molar-refractivity contribution in [2.45, 2.75) is 38.8 Å². The number of carbonyl (C=O) groups is 1. The van der Waals surface area contributed by atoms with E-state index >= 15 is 0 Å². The van der Waals surface area contributed by atoms with Gasteiger partial charge < -0.3 is 20.4 Å². The molecule has 3 rings (SSSR count). The molecule has 7 heteroatoms. The number of nitrogens with two attached hydrogens (primary N) is 1. The van der Waals surface area contributed by atoms with Gasteiger partial charge in [-0.3, -0.25) is 4.79 Å². The normalized spacial score (nSPS) is 24.6. The molecule has 1 fully saturated rings. The number of benzene rings is 1. The lowest BCUT2D eigenvalue weighted by molar-refractivity contribution is -0.166. The van der Waals surface area contributed by atoms with Crippen LogP contribution < -0.4 is 11.1 Å². The van der Waals surface area contributed by atoms with E-state index in [2.05, 4.69) is 15.5 Å². The third-order valence-corrected chi connectivity index (χ3v) is 5.33. The van der Waals surface area contributed by atoms with Gasteiger partial charge in [0.25, 0.3) is 0 Å². The zero-order chi connectivity index (χ0) is 18.2. The fraction of sp³-hybridized carbons (Fsp3) is 0.500. The predicted octanol–water partition coefficient (Wildman–Crippen LogP) is 1.95. The maximum absolute atomic E-state index is 12.8. The van der Waals surface area contributed by atoms with Crippen LogP contribution in [0.5, 0.6) is 0 Å². The molecule has 0 bridgehead atoms. The van der Waals surface area contributed by atoms with E-state index in [0.717, 1.165) is 11.4 Å². The summed E-state index contributed by atoms with van der Waals surface area (Å²) in [5.41, 5.74) is 6.62. The number of aryl methyl sites for hydroxylation is 1. The van der Waals surface area contributed by atoms with Crippen LogP contribution in [0.25, 0.3) is 11.4 Å². The number of carbonyl (C=O) groups excluding carboxylic acids is 1. The molecular formula is C18H25N5O2. The van der Waals surface area contributed by atoms with Crippen LogP contribution in [0.4, 0.5) is 5.69 Å². The van der Waals surface area contributed by atoms with E-state index in [4.69, 9.17) is 10.5 Å². The van der Waals surface area contributed by atoms with Crippen LogP contribution in [0.15, 0.2) is 30.6 Å². The summed E-state index contributed by atoms with van der Waals surface area (Å²) in [4.78, 5) is 12.8. The standard InChI is InChI=1S/C18H25N5O2/c1-5-25-14-10-18(19,17(14,2)3)16(24)21-13-8-6-7-12(9-13)15-22-20-11-23(15)4/h6-9,11,14H,5,10,19H2,1-4H3,(H,21,24). The minimum absolute atomic E-state index is 0.00164. The Morgan fingerprint density at radius 2 is 2.24 bits per heavy atom. The molecule has 1 aliphatic rings. The zero-order valence-electron chi connectivity index (χ0n) is 15.1. The molecule has 3 N–H and O–H groups in total. The number of ether oxygens (including phenoxy) is 1. The minimum Gasteiger partial charge on any atom is -0.378 e. The third-order valence-electron chi connectivity index (χ3n) is 5.33. The second kappa shape index (κ2) is 6.24. The Labute approximate surface area is 147 Å². The Morgan fingerprint density at radius 3 is 2.84 bits per heavy atom. The van der Waals surface area contributed by atoms with Gasteiger partial charge in [0.05, 0.1) is 6.10 Å². The molecule has 25 heavy (non-hydrogen) atoms. The van der Waals surface area contributed by atoms with Crippen molar-refractivity contribution in [1.82, 2.24) is 14.8 Å². The Kier molecular flexibility index (Phi) is 4.38. The largest absolute Gasteiger partial charge is 0.378 e. The molecule has 1 saturated carbocycles. The first kappa shape index (κ1) is 17.6. The van der Waals surface area contributed by atoms with Gasteiger partial charge in [0.15, 0.2) is 5.82 Å². The van der Waals surface area contributed by atoms with Crippen molar-refractivity contribution in [1.29, 1.82) is 0 Å². The number of hydrogen-bond donors (Lipinski definition) is 2. The second-order valence-corrected chi connectivity index (χ2v) is 7.14. The molecule has 7 nitrogen and oxygen atoms in total. The molecule has 0 saturated heterocycles. The summed E-state index contributed by atoms with van der Waals surface area (Å²) in [6.07, 6.45) is 2.15. The van der Waals surface area contributed by atoms with Crippen molar-refractivity contribution < 1.29 is 9.53 Å².